The van der Waals surface area contributed by atoms with Crippen LogP contribution in [0.2, 0.25) is 0 Å². The number of carbonyl (C=O) groups excluding carboxylic acids is 2. The van der Waals surface area contributed by atoms with E-state index in [1.807, 2.05) is 74.5 Å². The second kappa shape index (κ2) is 14.4. The third-order valence-electron chi connectivity index (χ3n) is 10.1. The van der Waals surface area contributed by atoms with Gasteiger partial charge in [-0.3, -0.25) is 19.3 Å². The van der Waals surface area contributed by atoms with E-state index in [0.717, 1.165) is 11.1 Å². The van der Waals surface area contributed by atoms with Gasteiger partial charge in [0.05, 0.1) is 13.2 Å². The summed E-state index contributed by atoms with van der Waals surface area (Å²) in [6.45, 7) is 21.6. The van der Waals surface area contributed by atoms with Crippen LogP contribution in [0.3, 0.4) is 0 Å². The van der Waals surface area contributed by atoms with Gasteiger partial charge in [-0.1, -0.05) is 74.5 Å². The van der Waals surface area contributed by atoms with Crippen LogP contribution < -0.4 is 0 Å². The smallest absolute Gasteiger partial charge is 0.323 e. The summed E-state index contributed by atoms with van der Waals surface area (Å²) in [5.74, 6) is -0.991. The second-order valence-electron chi connectivity index (χ2n) is 16.0. The molecular formula is C39H58N2O6. The highest BCUT2D eigenvalue weighted by Crippen LogP contribution is 2.44. The van der Waals surface area contributed by atoms with Crippen LogP contribution in [-0.4, -0.2) is 56.4 Å². The minimum Gasteiger partial charge on any atom is -0.461 e. The number of carbonyl (C=O) groups is 2. The van der Waals surface area contributed by atoms with Gasteiger partial charge in [-0.25, -0.2) is 0 Å². The maximum Gasteiger partial charge on any atom is 0.323 e. The number of benzene rings is 2. The fourth-order valence-electron chi connectivity index (χ4n) is 8.07. The van der Waals surface area contributed by atoms with Crippen LogP contribution in [0.5, 0.6) is 0 Å². The molecule has 47 heavy (non-hydrogen) atoms. The summed E-state index contributed by atoms with van der Waals surface area (Å²) in [5.41, 5.74) is -0.802. The Morgan fingerprint density at radius 2 is 0.894 bits per heavy atom. The van der Waals surface area contributed by atoms with E-state index in [2.05, 4.69) is 65.5 Å². The van der Waals surface area contributed by atoms with Crippen molar-refractivity contribution in [2.45, 2.75) is 155 Å². The fraction of sp³-hybridized carbons (Fsp3) is 0.641. The zero-order valence-electron chi connectivity index (χ0n) is 30.4. The molecular weight excluding hydrogens is 592 g/mol. The molecule has 0 bridgehead atoms. The van der Waals surface area contributed by atoms with E-state index < -0.39 is 39.5 Å². The Hall–Kier alpha value is -2.78. The zero-order valence-corrected chi connectivity index (χ0v) is 30.4. The van der Waals surface area contributed by atoms with Crippen LogP contribution in [0.15, 0.2) is 60.7 Å². The Morgan fingerprint density at radius 3 is 1.17 bits per heavy atom. The van der Waals surface area contributed by atoms with Gasteiger partial charge in [0, 0.05) is 47.8 Å². The lowest BCUT2D eigenvalue weighted by molar-refractivity contribution is -0.301. The van der Waals surface area contributed by atoms with Crippen LogP contribution >= 0.6 is 0 Å². The van der Waals surface area contributed by atoms with Crippen molar-refractivity contribution in [3.63, 3.8) is 0 Å². The summed E-state index contributed by atoms with van der Waals surface area (Å²) in [4.78, 5) is 40.8. The van der Waals surface area contributed by atoms with Crippen molar-refractivity contribution in [2.75, 3.05) is 0 Å². The van der Waals surface area contributed by atoms with Gasteiger partial charge < -0.3 is 9.47 Å². The molecule has 0 N–H and O–H groups in total. The average Bonchev–Trinajstić information content (AvgIpc) is 2.96. The van der Waals surface area contributed by atoms with Gasteiger partial charge >= 0.3 is 11.9 Å². The van der Waals surface area contributed by atoms with Crippen LogP contribution in [0.4, 0.5) is 0 Å². The molecule has 0 saturated carbocycles. The first-order chi connectivity index (χ1) is 22.0. The third-order valence-corrected chi connectivity index (χ3v) is 10.1. The third kappa shape index (κ3) is 8.45. The van der Waals surface area contributed by atoms with E-state index in [0.29, 0.717) is 51.7 Å². The predicted molar refractivity (Wildman–Crippen MR) is 184 cm³/mol. The van der Waals surface area contributed by atoms with Crippen molar-refractivity contribution < 1.29 is 28.7 Å². The molecule has 0 radical (unpaired) electrons. The number of piperidine rings is 2. The monoisotopic (exact) mass is 650 g/mol. The van der Waals surface area contributed by atoms with E-state index in [1.165, 1.54) is 0 Å². The van der Waals surface area contributed by atoms with E-state index >= 15 is 0 Å². The first-order valence-electron chi connectivity index (χ1n) is 17.3. The minimum absolute atomic E-state index is 0.304. The van der Waals surface area contributed by atoms with Gasteiger partial charge in [-0.05, 0) is 79.4 Å². The normalized spacial score (nSPS) is 21.7. The Kier molecular flexibility index (Phi) is 11.3. The number of esters is 2. The van der Waals surface area contributed by atoms with Crippen LogP contribution in [0.1, 0.15) is 119 Å². The number of hydroxylamine groups is 4. The molecule has 2 saturated heterocycles. The van der Waals surface area contributed by atoms with Gasteiger partial charge in [0.2, 0.25) is 0 Å². The van der Waals surface area contributed by atoms with Crippen molar-refractivity contribution in [3.8, 4) is 0 Å². The number of hydrogen-bond acceptors (Lipinski definition) is 8. The molecule has 2 fully saturated rings. The Labute approximate surface area is 283 Å². The highest BCUT2D eigenvalue weighted by molar-refractivity contribution is 6.00. The van der Waals surface area contributed by atoms with E-state index in [1.54, 1.807) is 0 Å². The summed E-state index contributed by atoms with van der Waals surface area (Å²) in [6.07, 6.45) is 2.21. The number of hydrogen-bond donors (Lipinski definition) is 0. The van der Waals surface area contributed by atoms with Crippen molar-refractivity contribution in [1.82, 2.24) is 10.1 Å². The van der Waals surface area contributed by atoms with Gasteiger partial charge in [0.25, 0.3) is 0 Å². The standard InChI is InChI=1S/C39H58N2O6/c1-11-39(12-2,33(42)46-31-23-35(3,4)40(36(5,6)24-31)44-27-29-19-15-13-16-20-29)34(43)47-32-25-37(7,8)41(38(9,10)26-32)45-28-30-21-17-14-18-22-30/h13-22,31-32H,11-12,23-28H2,1-10H3. The van der Waals surface area contributed by atoms with Crippen molar-refractivity contribution in [1.29, 1.82) is 0 Å². The summed E-state index contributed by atoms with van der Waals surface area (Å²) in [6, 6.07) is 20.2. The summed E-state index contributed by atoms with van der Waals surface area (Å²) >= 11 is 0. The Morgan fingerprint density at radius 1 is 0.596 bits per heavy atom. The molecule has 8 nitrogen and oxygen atoms in total. The van der Waals surface area contributed by atoms with Gasteiger partial charge in [0.15, 0.2) is 5.41 Å². The Balaban J connectivity index is 1.41. The van der Waals surface area contributed by atoms with E-state index in [4.69, 9.17) is 19.1 Å². The zero-order chi connectivity index (χ0) is 34.7. The molecule has 8 heteroatoms. The van der Waals surface area contributed by atoms with Gasteiger partial charge in [0.1, 0.15) is 12.2 Å². The quantitative estimate of drug-likeness (QED) is 0.168. The maximum atomic E-state index is 14.0. The topological polar surface area (TPSA) is 77.5 Å². The number of nitrogens with zero attached hydrogens (tertiary/aromatic N) is 2. The van der Waals surface area contributed by atoms with Crippen LogP contribution in [-0.2, 0) is 42.0 Å². The first kappa shape index (κ1) is 37.0. The molecule has 0 atom stereocenters. The largest absolute Gasteiger partial charge is 0.461 e. The molecule has 0 aliphatic carbocycles. The molecule has 0 aromatic heterocycles. The van der Waals surface area contributed by atoms with Crippen molar-refractivity contribution in [3.05, 3.63) is 71.8 Å². The molecule has 4 rings (SSSR count). The van der Waals surface area contributed by atoms with Crippen LogP contribution in [0, 0.1) is 5.41 Å². The lowest BCUT2D eigenvalue weighted by atomic mass is 9.78. The first-order valence-corrected chi connectivity index (χ1v) is 17.3. The molecule has 260 valence electrons. The highest BCUT2D eigenvalue weighted by Gasteiger charge is 2.53. The van der Waals surface area contributed by atoms with Crippen LogP contribution in [0.25, 0.3) is 0 Å². The predicted octanol–water partition coefficient (Wildman–Crippen LogP) is 8.19. The lowest BCUT2D eigenvalue weighted by Gasteiger charge is -2.53. The Bertz CT molecular complexity index is 1200. The molecule has 0 spiro atoms. The van der Waals surface area contributed by atoms with E-state index in [-0.39, 0.29) is 12.2 Å². The maximum absolute atomic E-state index is 14.0. The van der Waals surface area contributed by atoms with Gasteiger partial charge in [-0.2, -0.15) is 10.1 Å². The summed E-state index contributed by atoms with van der Waals surface area (Å²) in [5, 5.41) is 4.11. The molecule has 0 amide bonds. The molecule has 2 aliphatic rings. The lowest BCUT2D eigenvalue weighted by Crippen LogP contribution is -2.62. The number of rotatable bonds is 12. The molecule has 2 aromatic carbocycles. The SMILES string of the molecule is CCC(CC)(C(=O)OC1CC(C)(C)N(OCc2ccccc2)C(C)(C)C1)C(=O)OC1CC(C)(C)N(OCc2ccccc2)C(C)(C)C1. The van der Waals surface area contributed by atoms with Crippen molar-refractivity contribution >= 4 is 11.9 Å². The van der Waals surface area contributed by atoms with Crippen molar-refractivity contribution in [2.24, 2.45) is 5.41 Å². The molecule has 0 unspecified atom stereocenters. The molecule has 2 aliphatic heterocycles. The average molecular weight is 651 g/mol. The highest BCUT2D eigenvalue weighted by atomic mass is 16.7. The fourth-order valence-corrected chi connectivity index (χ4v) is 8.07. The number of ether oxygens (including phenoxy) is 2. The molecule has 2 heterocycles. The minimum atomic E-state index is -1.37. The second-order valence-corrected chi connectivity index (χ2v) is 16.0. The summed E-state index contributed by atoms with van der Waals surface area (Å²) < 4.78 is 12.5. The molecule has 2 aromatic rings. The summed E-state index contributed by atoms with van der Waals surface area (Å²) in [7, 11) is 0. The van der Waals surface area contributed by atoms with Gasteiger partial charge in [-0.15, -0.1) is 0 Å². The van der Waals surface area contributed by atoms with E-state index in [9.17, 15) is 9.59 Å².